The molecule has 0 atom stereocenters. The zero-order valence-electron chi connectivity index (χ0n) is 8.73. The molecule has 0 N–H and O–H groups in total. The number of hydrogen-bond acceptors (Lipinski definition) is 3. The molecule has 0 amide bonds. The van der Waals surface area contributed by atoms with Gasteiger partial charge in [-0.05, 0) is 37.1 Å². The fraction of sp³-hybridized carbons (Fsp3) is 0.0769. The van der Waals surface area contributed by atoms with Crippen molar-refractivity contribution in [3.05, 3.63) is 53.2 Å². The summed E-state index contributed by atoms with van der Waals surface area (Å²) in [5.41, 5.74) is 1.77. The third-order valence-electron chi connectivity index (χ3n) is 1.98. The van der Waals surface area contributed by atoms with Crippen molar-refractivity contribution in [2.24, 2.45) is 0 Å². The predicted molar refractivity (Wildman–Crippen MR) is 59.0 cm³/mol. The normalized spacial score (nSPS) is 9.31. The molecule has 2 heterocycles. The maximum Gasteiger partial charge on any atom is 0.185 e. The molecule has 78 valence electrons. The van der Waals surface area contributed by atoms with Gasteiger partial charge in [0.1, 0.15) is 0 Å². The second-order valence-corrected chi connectivity index (χ2v) is 3.26. The van der Waals surface area contributed by atoms with Gasteiger partial charge in [0.05, 0.1) is 0 Å². The Morgan fingerprint density at radius 1 is 1.25 bits per heavy atom. The maximum absolute atomic E-state index is 10.4. The Kier molecular flexibility index (Phi) is 2.84. The molecule has 0 saturated heterocycles. The molecule has 3 heteroatoms. The van der Waals surface area contributed by atoms with Crippen molar-refractivity contribution in [2.45, 2.75) is 6.92 Å². The summed E-state index contributed by atoms with van der Waals surface area (Å²) < 4.78 is 5.12. The van der Waals surface area contributed by atoms with Crippen LogP contribution in [0.3, 0.4) is 0 Å². The van der Waals surface area contributed by atoms with E-state index in [4.69, 9.17) is 4.42 Å². The van der Waals surface area contributed by atoms with Gasteiger partial charge in [-0.3, -0.25) is 9.78 Å². The summed E-state index contributed by atoms with van der Waals surface area (Å²) in [6, 6.07) is 7.03. The fourth-order valence-corrected chi connectivity index (χ4v) is 1.16. The van der Waals surface area contributed by atoms with E-state index in [1.165, 1.54) is 0 Å². The van der Waals surface area contributed by atoms with Crippen molar-refractivity contribution in [3.63, 3.8) is 0 Å². The Balaban J connectivity index is 2.21. The number of carbonyl (C=O) groups is 1. The lowest BCUT2D eigenvalue weighted by Crippen LogP contribution is -1.81. The summed E-state index contributed by atoms with van der Waals surface area (Å²) >= 11 is 0. The molecule has 0 unspecified atom stereocenters. The average Bonchev–Trinajstić information content (AvgIpc) is 2.76. The Labute approximate surface area is 93.1 Å². The molecular formula is C13H9NO2. The minimum atomic E-state index is 0.284. The lowest BCUT2D eigenvalue weighted by molar-refractivity contribution is 0.110. The van der Waals surface area contributed by atoms with Crippen LogP contribution in [0.4, 0.5) is 0 Å². The molecule has 0 aliphatic rings. The number of nitrogens with zero attached hydrogens (tertiary/aromatic N) is 1. The molecule has 0 fully saturated rings. The van der Waals surface area contributed by atoms with Crippen molar-refractivity contribution in [1.82, 2.24) is 4.98 Å². The van der Waals surface area contributed by atoms with E-state index in [1.807, 2.05) is 19.1 Å². The number of hydrogen-bond donors (Lipinski definition) is 0. The van der Waals surface area contributed by atoms with E-state index in [0.717, 1.165) is 11.3 Å². The number of carbonyl (C=O) groups excluding carboxylic acids is 1. The number of aldehydes is 1. The van der Waals surface area contributed by atoms with E-state index in [0.29, 0.717) is 12.0 Å². The highest BCUT2D eigenvalue weighted by atomic mass is 16.3. The van der Waals surface area contributed by atoms with Gasteiger partial charge < -0.3 is 4.42 Å². The zero-order chi connectivity index (χ0) is 11.4. The third kappa shape index (κ3) is 2.37. The largest absolute Gasteiger partial charge is 0.445 e. The van der Waals surface area contributed by atoms with Crippen molar-refractivity contribution < 1.29 is 9.21 Å². The number of furan rings is 1. The second kappa shape index (κ2) is 4.45. The minimum Gasteiger partial charge on any atom is -0.445 e. The third-order valence-corrected chi connectivity index (χ3v) is 1.98. The highest BCUT2D eigenvalue weighted by Crippen LogP contribution is 2.04. The molecule has 0 radical (unpaired) electrons. The van der Waals surface area contributed by atoms with Gasteiger partial charge in [0.15, 0.2) is 17.8 Å². The van der Waals surface area contributed by atoms with Crippen LogP contribution in [-0.2, 0) is 0 Å². The number of aryl methyl sites for hydroxylation is 1. The summed E-state index contributed by atoms with van der Waals surface area (Å²) in [7, 11) is 0. The Morgan fingerprint density at radius 2 is 2.12 bits per heavy atom. The summed E-state index contributed by atoms with van der Waals surface area (Å²) in [5.74, 6) is 6.48. The summed E-state index contributed by atoms with van der Waals surface area (Å²) in [4.78, 5) is 14.5. The smallest absolute Gasteiger partial charge is 0.185 e. The predicted octanol–water partition coefficient (Wildman–Crippen LogP) is 2.20. The van der Waals surface area contributed by atoms with Gasteiger partial charge in [-0.25, -0.2) is 0 Å². The van der Waals surface area contributed by atoms with E-state index in [9.17, 15) is 4.79 Å². The number of pyridine rings is 1. The molecule has 0 aliphatic heterocycles. The van der Waals surface area contributed by atoms with Crippen LogP contribution in [0.1, 0.15) is 27.6 Å². The first kappa shape index (κ1) is 10.2. The van der Waals surface area contributed by atoms with E-state index in [2.05, 4.69) is 16.8 Å². The van der Waals surface area contributed by atoms with Crippen LogP contribution in [0, 0.1) is 18.8 Å². The average molecular weight is 211 g/mol. The van der Waals surface area contributed by atoms with Crippen LogP contribution in [-0.4, -0.2) is 11.3 Å². The van der Waals surface area contributed by atoms with Crippen LogP contribution in [0.15, 0.2) is 34.9 Å². The van der Waals surface area contributed by atoms with Crippen LogP contribution in [0.5, 0.6) is 0 Å². The molecule has 16 heavy (non-hydrogen) atoms. The second-order valence-electron chi connectivity index (χ2n) is 3.26. The molecule has 3 nitrogen and oxygen atoms in total. The summed E-state index contributed by atoms with van der Waals surface area (Å²) in [5, 5.41) is 0. The molecule has 2 aromatic rings. The van der Waals surface area contributed by atoms with Crippen LogP contribution >= 0.6 is 0 Å². The molecule has 2 rings (SSSR count). The van der Waals surface area contributed by atoms with Crippen molar-refractivity contribution in [3.8, 4) is 11.8 Å². The zero-order valence-corrected chi connectivity index (χ0v) is 8.73. The van der Waals surface area contributed by atoms with Gasteiger partial charge in [0.2, 0.25) is 0 Å². The standard InChI is InChI=1S/C13H9NO2/c1-10-2-3-11(8-14-10)4-5-12-6-7-13(9-15)16-12/h2-3,6-9H,1H3. The van der Waals surface area contributed by atoms with E-state index < -0.39 is 0 Å². The first-order chi connectivity index (χ1) is 7.78. The van der Waals surface area contributed by atoms with Gasteiger partial charge in [0.25, 0.3) is 0 Å². The quantitative estimate of drug-likeness (QED) is 0.536. The van der Waals surface area contributed by atoms with Gasteiger partial charge in [-0.15, -0.1) is 0 Å². The van der Waals surface area contributed by atoms with Gasteiger partial charge in [-0.1, -0.05) is 5.92 Å². The molecule has 0 bridgehead atoms. The first-order valence-electron chi connectivity index (χ1n) is 4.77. The van der Waals surface area contributed by atoms with Crippen LogP contribution in [0.2, 0.25) is 0 Å². The fourth-order valence-electron chi connectivity index (χ4n) is 1.16. The minimum absolute atomic E-state index is 0.284. The highest BCUT2D eigenvalue weighted by molar-refractivity contribution is 5.70. The Morgan fingerprint density at radius 3 is 2.75 bits per heavy atom. The monoisotopic (exact) mass is 211 g/mol. The SMILES string of the molecule is Cc1ccc(C#Cc2ccc(C=O)o2)cn1. The Bertz CT molecular complexity index is 556. The van der Waals surface area contributed by atoms with Crippen molar-refractivity contribution in [1.29, 1.82) is 0 Å². The Hall–Kier alpha value is -2.34. The lowest BCUT2D eigenvalue weighted by Gasteiger charge is -1.90. The topological polar surface area (TPSA) is 43.1 Å². The molecule has 0 spiro atoms. The number of rotatable bonds is 1. The van der Waals surface area contributed by atoms with Gasteiger partial charge >= 0.3 is 0 Å². The van der Waals surface area contributed by atoms with Gasteiger partial charge in [0, 0.05) is 17.5 Å². The summed E-state index contributed by atoms with van der Waals surface area (Å²) in [6.07, 6.45) is 2.35. The van der Waals surface area contributed by atoms with Crippen molar-refractivity contribution >= 4 is 6.29 Å². The molecular weight excluding hydrogens is 202 g/mol. The van der Waals surface area contributed by atoms with Crippen LogP contribution < -0.4 is 0 Å². The highest BCUT2D eigenvalue weighted by Gasteiger charge is 1.96. The van der Waals surface area contributed by atoms with E-state index in [-0.39, 0.29) is 5.76 Å². The summed E-state index contributed by atoms with van der Waals surface area (Å²) in [6.45, 7) is 1.92. The molecule has 0 aromatic carbocycles. The van der Waals surface area contributed by atoms with E-state index >= 15 is 0 Å². The maximum atomic E-state index is 10.4. The van der Waals surface area contributed by atoms with Gasteiger partial charge in [-0.2, -0.15) is 0 Å². The first-order valence-corrected chi connectivity index (χ1v) is 4.77. The lowest BCUT2D eigenvalue weighted by atomic mass is 10.2. The van der Waals surface area contributed by atoms with Crippen molar-refractivity contribution in [2.75, 3.05) is 0 Å². The molecule has 0 aliphatic carbocycles. The van der Waals surface area contributed by atoms with Crippen LogP contribution in [0.25, 0.3) is 0 Å². The molecule has 2 aromatic heterocycles. The van der Waals surface area contributed by atoms with E-state index in [1.54, 1.807) is 18.3 Å². The number of aromatic nitrogens is 1. The molecule has 0 saturated carbocycles.